The average Bonchev–Trinajstić information content (AvgIpc) is 3.16. The zero-order valence-electron chi connectivity index (χ0n) is 16.7. The Morgan fingerprint density at radius 1 is 1.11 bits per heavy atom. The fourth-order valence-corrected chi connectivity index (χ4v) is 3.13. The van der Waals surface area contributed by atoms with Gasteiger partial charge in [-0.25, -0.2) is 4.98 Å². The number of rotatable bonds is 5. The van der Waals surface area contributed by atoms with Gasteiger partial charge in [0.2, 0.25) is 0 Å². The highest BCUT2D eigenvalue weighted by atomic mass is 16.5. The lowest BCUT2D eigenvalue weighted by atomic mass is 9.87. The molecule has 0 bridgehead atoms. The third-order valence-corrected chi connectivity index (χ3v) is 4.85. The molecule has 1 aliphatic heterocycles. The summed E-state index contributed by atoms with van der Waals surface area (Å²) in [6.45, 7) is 10.4. The van der Waals surface area contributed by atoms with Crippen LogP contribution in [0.2, 0.25) is 0 Å². The van der Waals surface area contributed by atoms with Crippen molar-refractivity contribution in [1.29, 1.82) is 0 Å². The second-order valence-corrected chi connectivity index (χ2v) is 8.12. The Labute approximate surface area is 161 Å². The van der Waals surface area contributed by atoms with Crippen molar-refractivity contribution in [2.24, 2.45) is 0 Å². The zero-order chi connectivity index (χ0) is 19.4. The van der Waals surface area contributed by atoms with Crippen LogP contribution in [0, 0.1) is 0 Å². The van der Waals surface area contributed by atoms with Crippen molar-refractivity contribution in [3.63, 3.8) is 0 Å². The number of amides is 1. The van der Waals surface area contributed by atoms with Crippen molar-refractivity contribution in [2.45, 2.75) is 52.1 Å². The number of hydrogen-bond acceptors (Lipinski definition) is 4. The molecule has 144 valence electrons. The normalized spacial score (nSPS) is 15.5. The number of nitrogens with zero attached hydrogens (tertiary/aromatic N) is 2. The number of nitrogens with one attached hydrogen (secondary N) is 1. The lowest BCUT2D eigenvalue weighted by molar-refractivity contribution is -0.122. The molecule has 1 N–H and O–H groups in total. The van der Waals surface area contributed by atoms with Gasteiger partial charge in [0.1, 0.15) is 11.6 Å². The number of hydrogen-bond donors (Lipinski definition) is 1. The molecular formula is C22H29N3O2. The summed E-state index contributed by atoms with van der Waals surface area (Å²) in [4.78, 5) is 19.1. The second-order valence-electron chi connectivity index (χ2n) is 8.12. The lowest BCUT2D eigenvalue weighted by Gasteiger charge is -2.20. The summed E-state index contributed by atoms with van der Waals surface area (Å²) in [6, 6.07) is 11.8. The number of anilines is 2. The van der Waals surface area contributed by atoms with E-state index in [-0.39, 0.29) is 11.3 Å². The van der Waals surface area contributed by atoms with Crippen LogP contribution in [0.5, 0.6) is 5.75 Å². The summed E-state index contributed by atoms with van der Waals surface area (Å²) in [5.41, 5.74) is 2.01. The smallest absolute Gasteiger partial charge is 0.265 e. The number of pyridine rings is 1. The average molecular weight is 367 g/mol. The summed E-state index contributed by atoms with van der Waals surface area (Å²) < 4.78 is 5.78. The van der Waals surface area contributed by atoms with Crippen molar-refractivity contribution in [2.75, 3.05) is 23.3 Å². The molecule has 1 aliphatic rings. The molecule has 1 amide bonds. The highest BCUT2D eigenvalue weighted by Gasteiger charge is 2.18. The van der Waals surface area contributed by atoms with Crippen LogP contribution in [-0.4, -0.2) is 30.1 Å². The van der Waals surface area contributed by atoms with E-state index in [2.05, 4.69) is 36.0 Å². The van der Waals surface area contributed by atoms with Crippen LogP contribution in [-0.2, 0) is 10.2 Å². The van der Waals surface area contributed by atoms with E-state index in [0.29, 0.717) is 11.4 Å². The molecule has 2 heterocycles. The molecule has 0 aliphatic carbocycles. The molecule has 3 rings (SSSR count). The Kier molecular flexibility index (Phi) is 5.68. The fraction of sp³-hybridized carbons (Fsp3) is 0.455. The van der Waals surface area contributed by atoms with Crippen LogP contribution in [0.15, 0.2) is 42.6 Å². The van der Waals surface area contributed by atoms with Gasteiger partial charge in [0, 0.05) is 13.1 Å². The zero-order valence-corrected chi connectivity index (χ0v) is 16.7. The Balaban J connectivity index is 1.55. The maximum Gasteiger partial charge on any atom is 0.265 e. The molecule has 1 aromatic heterocycles. The standard InChI is InChI=1S/C22H29N3O2/c1-16(27-19-10-7-17(8-11-19)22(2,3)4)21(26)24-18-9-12-20(23-15-18)25-13-5-6-14-25/h7-12,15-16H,5-6,13-14H2,1-4H3,(H,24,26). The van der Waals surface area contributed by atoms with Gasteiger partial charge in [-0.2, -0.15) is 0 Å². The topological polar surface area (TPSA) is 54.5 Å². The number of carbonyl (C=O) groups is 1. The van der Waals surface area contributed by atoms with Gasteiger partial charge < -0.3 is 15.0 Å². The number of ether oxygens (including phenoxy) is 1. The van der Waals surface area contributed by atoms with Crippen molar-refractivity contribution < 1.29 is 9.53 Å². The first-order valence-electron chi connectivity index (χ1n) is 9.62. The molecule has 1 fully saturated rings. The van der Waals surface area contributed by atoms with Gasteiger partial charge in [-0.3, -0.25) is 4.79 Å². The van der Waals surface area contributed by atoms with E-state index in [0.717, 1.165) is 18.9 Å². The highest BCUT2D eigenvalue weighted by molar-refractivity contribution is 5.94. The van der Waals surface area contributed by atoms with Crippen molar-refractivity contribution in [1.82, 2.24) is 4.98 Å². The van der Waals surface area contributed by atoms with E-state index in [9.17, 15) is 4.79 Å². The summed E-state index contributed by atoms with van der Waals surface area (Å²) >= 11 is 0. The molecule has 1 saturated heterocycles. The molecular weight excluding hydrogens is 338 g/mol. The SMILES string of the molecule is CC(Oc1ccc(C(C)(C)C)cc1)C(=O)Nc1ccc(N2CCCC2)nc1. The Bertz CT molecular complexity index is 758. The van der Waals surface area contributed by atoms with Crippen LogP contribution in [0.1, 0.15) is 46.1 Å². The minimum Gasteiger partial charge on any atom is -0.481 e. The number of benzene rings is 1. The van der Waals surface area contributed by atoms with Crippen molar-refractivity contribution in [3.05, 3.63) is 48.2 Å². The molecule has 5 nitrogen and oxygen atoms in total. The number of carbonyl (C=O) groups excluding carboxylic acids is 1. The van der Waals surface area contributed by atoms with E-state index < -0.39 is 6.10 Å². The number of aromatic nitrogens is 1. The van der Waals surface area contributed by atoms with Gasteiger partial charge in [0.15, 0.2) is 6.10 Å². The van der Waals surface area contributed by atoms with Crippen LogP contribution in [0.3, 0.4) is 0 Å². The monoisotopic (exact) mass is 367 g/mol. The summed E-state index contributed by atoms with van der Waals surface area (Å²) in [5.74, 6) is 1.47. The van der Waals surface area contributed by atoms with Gasteiger partial charge in [-0.1, -0.05) is 32.9 Å². The first kappa shape index (κ1) is 19.2. The molecule has 27 heavy (non-hydrogen) atoms. The Hall–Kier alpha value is -2.56. The van der Waals surface area contributed by atoms with Crippen molar-refractivity contribution in [3.8, 4) is 5.75 Å². The van der Waals surface area contributed by atoms with E-state index in [1.807, 2.05) is 36.4 Å². The van der Waals surface area contributed by atoms with Crippen LogP contribution in [0.4, 0.5) is 11.5 Å². The predicted octanol–water partition coefficient (Wildman–Crippen LogP) is 4.39. The maximum absolute atomic E-state index is 12.4. The predicted molar refractivity (Wildman–Crippen MR) is 110 cm³/mol. The fourth-order valence-electron chi connectivity index (χ4n) is 3.13. The van der Waals surface area contributed by atoms with Gasteiger partial charge in [0.05, 0.1) is 11.9 Å². The first-order valence-corrected chi connectivity index (χ1v) is 9.62. The minimum absolute atomic E-state index is 0.0930. The molecule has 0 saturated carbocycles. The molecule has 1 unspecified atom stereocenters. The molecule has 0 spiro atoms. The molecule has 5 heteroatoms. The third kappa shape index (κ3) is 5.00. The molecule has 1 atom stereocenters. The highest BCUT2D eigenvalue weighted by Crippen LogP contribution is 2.25. The second kappa shape index (κ2) is 7.99. The van der Waals surface area contributed by atoms with Gasteiger partial charge in [-0.05, 0) is 55.0 Å². The first-order chi connectivity index (χ1) is 12.8. The third-order valence-electron chi connectivity index (χ3n) is 4.85. The van der Waals surface area contributed by atoms with E-state index in [4.69, 9.17) is 4.74 Å². The molecule has 0 radical (unpaired) electrons. The molecule has 2 aromatic rings. The van der Waals surface area contributed by atoms with Gasteiger partial charge in [0.25, 0.3) is 5.91 Å². The lowest BCUT2D eigenvalue weighted by Crippen LogP contribution is -2.30. The Morgan fingerprint density at radius 3 is 2.33 bits per heavy atom. The quantitative estimate of drug-likeness (QED) is 0.852. The summed E-state index contributed by atoms with van der Waals surface area (Å²) in [5, 5.41) is 2.87. The molecule has 1 aromatic carbocycles. The van der Waals surface area contributed by atoms with E-state index >= 15 is 0 Å². The van der Waals surface area contributed by atoms with Crippen LogP contribution < -0.4 is 15.0 Å². The van der Waals surface area contributed by atoms with Gasteiger partial charge in [-0.15, -0.1) is 0 Å². The Morgan fingerprint density at radius 2 is 1.78 bits per heavy atom. The maximum atomic E-state index is 12.4. The largest absolute Gasteiger partial charge is 0.481 e. The van der Waals surface area contributed by atoms with Gasteiger partial charge >= 0.3 is 0 Å². The van der Waals surface area contributed by atoms with Crippen LogP contribution >= 0.6 is 0 Å². The van der Waals surface area contributed by atoms with Crippen LogP contribution in [0.25, 0.3) is 0 Å². The minimum atomic E-state index is -0.594. The summed E-state index contributed by atoms with van der Waals surface area (Å²) in [6.07, 6.45) is 3.54. The van der Waals surface area contributed by atoms with Crippen molar-refractivity contribution >= 4 is 17.4 Å². The summed E-state index contributed by atoms with van der Waals surface area (Å²) in [7, 11) is 0. The van der Waals surface area contributed by atoms with E-state index in [1.54, 1.807) is 13.1 Å². The van der Waals surface area contributed by atoms with E-state index in [1.165, 1.54) is 18.4 Å².